The Morgan fingerprint density at radius 1 is 1.24 bits per heavy atom. The van der Waals surface area contributed by atoms with Crippen LogP contribution in [0.5, 0.6) is 0 Å². The van der Waals surface area contributed by atoms with Crippen LogP contribution in [0, 0.1) is 5.92 Å². The number of nitrogens with one attached hydrogen (secondary N) is 1. The zero-order valence-electron chi connectivity index (χ0n) is 12.8. The maximum atomic E-state index is 12.0. The molecular formula is C16H24N2O2S. The van der Waals surface area contributed by atoms with E-state index in [0.717, 1.165) is 37.7 Å². The number of nitrogens with two attached hydrogens (primary N) is 1. The molecule has 5 heteroatoms. The first-order chi connectivity index (χ1) is 9.99. The van der Waals surface area contributed by atoms with E-state index in [4.69, 9.17) is 5.73 Å². The van der Waals surface area contributed by atoms with Gasteiger partial charge < -0.3 is 11.1 Å². The monoisotopic (exact) mass is 308 g/mol. The van der Waals surface area contributed by atoms with Crippen molar-refractivity contribution in [1.82, 2.24) is 0 Å². The minimum atomic E-state index is -0.423. The highest BCUT2D eigenvalue weighted by Gasteiger charge is 2.24. The molecule has 0 aromatic carbocycles. The molecule has 2 rings (SSSR count). The number of fused-ring (bicyclic) bond motifs is 1. The lowest BCUT2D eigenvalue weighted by Gasteiger charge is -2.07. The molecule has 21 heavy (non-hydrogen) atoms. The Balaban J connectivity index is 2.19. The van der Waals surface area contributed by atoms with Crippen molar-refractivity contribution in [3.05, 3.63) is 16.0 Å². The molecule has 0 atom stereocenters. The quantitative estimate of drug-likeness (QED) is 0.817. The van der Waals surface area contributed by atoms with E-state index in [1.54, 1.807) is 0 Å². The predicted molar refractivity (Wildman–Crippen MR) is 86.8 cm³/mol. The Bertz CT molecular complexity index is 535. The average molecular weight is 308 g/mol. The highest BCUT2D eigenvalue weighted by molar-refractivity contribution is 7.17. The van der Waals surface area contributed by atoms with E-state index in [9.17, 15) is 9.59 Å². The predicted octanol–water partition coefficient (Wildman–Crippen LogP) is 3.49. The van der Waals surface area contributed by atoms with Gasteiger partial charge in [-0.3, -0.25) is 9.59 Å². The summed E-state index contributed by atoms with van der Waals surface area (Å²) in [6, 6.07) is 0. The number of carbonyl (C=O) groups excluding carboxylic acids is 2. The van der Waals surface area contributed by atoms with Crippen molar-refractivity contribution >= 4 is 28.2 Å². The second-order valence-electron chi connectivity index (χ2n) is 6.11. The lowest BCUT2D eigenvalue weighted by Crippen LogP contribution is -2.18. The molecule has 4 nitrogen and oxygen atoms in total. The van der Waals surface area contributed by atoms with E-state index in [1.807, 2.05) is 0 Å². The first kappa shape index (κ1) is 16.0. The highest BCUT2D eigenvalue weighted by Crippen LogP contribution is 2.37. The topological polar surface area (TPSA) is 72.2 Å². The summed E-state index contributed by atoms with van der Waals surface area (Å²) < 4.78 is 0. The lowest BCUT2D eigenvalue weighted by atomic mass is 10.0. The molecule has 0 radical (unpaired) electrons. The Morgan fingerprint density at radius 2 is 1.95 bits per heavy atom. The normalized spacial score (nSPS) is 14.6. The molecule has 3 N–H and O–H groups in total. The van der Waals surface area contributed by atoms with E-state index in [0.29, 0.717) is 22.9 Å². The summed E-state index contributed by atoms with van der Waals surface area (Å²) >= 11 is 1.53. The van der Waals surface area contributed by atoms with Gasteiger partial charge in [-0.25, -0.2) is 0 Å². The van der Waals surface area contributed by atoms with Crippen LogP contribution in [-0.4, -0.2) is 11.8 Å². The summed E-state index contributed by atoms with van der Waals surface area (Å²) in [7, 11) is 0. The zero-order valence-corrected chi connectivity index (χ0v) is 13.6. The summed E-state index contributed by atoms with van der Waals surface area (Å²) in [5, 5.41) is 3.56. The first-order valence-electron chi connectivity index (χ1n) is 7.73. The zero-order chi connectivity index (χ0) is 15.4. The largest absolute Gasteiger partial charge is 0.365 e. The molecule has 1 aromatic rings. The number of hydrogen-bond acceptors (Lipinski definition) is 3. The van der Waals surface area contributed by atoms with Crippen molar-refractivity contribution in [2.45, 2.75) is 58.8 Å². The molecule has 0 saturated carbocycles. The van der Waals surface area contributed by atoms with E-state index >= 15 is 0 Å². The van der Waals surface area contributed by atoms with Gasteiger partial charge in [0.15, 0.2) is 0 Å². The van der Waals surface area contributed by atoms with Gasteiger partial charge in [0.1, 0.15) is 5.00 Å². The second kappa shape index (κ2) is 7.07. The molecule has 0 bridgehead atoms. The van der Waals surface area contributed by atoms with Crippen LogP contribution in [0.25, 0.3) is 0 Å². The molecule has 0 aliphatic heterocycles. The van der Waals surface area contributed by atoms with Gasteiger partial charge in [0.2, 0.25) is 5.91 Å². The number of thiophene rings is 1. The number of rotatable bonds is 5. The molecule has 0 fully saturated rings. The summed E-state index contributed by atoms with van der Waals surface area (Å²) in [5.41, 5.74) is 7.17. The van der Waals surface area contributed by atoms with Crippen LogP contribution in [0.1, 0.15) is 66.8 Å². The molecule has 0 unspecified atom stereocenters. The fraction of sp³-hybridized carbons (Fsp3) is 0.625. The number of aryl methyl sites for hydroxylation is 1. The van der Waals surface area contributed by atoms with Crippen LogP contribution in [0.4, 0.5) is 5.00 Å². The molecule has 1 aliphatic carbocycles. The van der Waals surface area contributed by atoms with Gasteiger partial charge in [-0.15, -0.1) is 11.3 Å². The molecule has 1 heterocycles. The van der Waals surface area contributed by atoms with Crippen LogP contribution in [0.3, 0.4) is 0 Å². The maximum absolute atomic E-state index is 12.0. The van der Waals surface area contributed by atoms with E-state index < -0.39 is 5.91 Å². The maximum Gasteiger partial charge on any atom is 0.251 e. The van der Waals surface area contributed by atoms with Crippen molar-refractivity contribution in [3.63, 3.8) is 0 Å². The molecule has 0 spiro atoms. The molecule has 0 saturated heterocycles. The van der Waals surface area contributed by atoms with Gasteiger partial charge >= 0.3 is 0 Å². The second-order valence-corrected chi connectivity index (χ2v) is 7.22. The fourth-order valence-electron chi connectivity index (χ4n) is 2.70. The van der Waals surface area contributed by atoms with Gasteiger partial charge in [-0.05, 0) is 43.6 Å². The smallest absolute Gasteiger partial charge is 0.251 e. The number of amides is 2. The summed E-state index contributed by atoms with van der Waals surface area (Å²) in [6.07, 6.45) is 6.64. The summed E-state index contributed by atoms with van der Waals surface area (Å²) in [5.74, 6) is 0.0441. The summed E-state index contributed by atoms with van der Waals surface area (Å²) in [6.45, 7) is 4.19. The number of primary amides is 1. The Kier molecular flexibility index (Phi) is 5.39. The van der Waals surface area contributed by atoms with Gasteiger partial charge in [-0.2, -0.15) is 0 Å². The fourth-order valence-corrected chi connectivity index (χ4v) is 4.01. The van der Waals surface area contributed by atoms with Gasteiger partial charge in [0, 0.05) is 11.3 Å². The van der Waals surface area contributed by atoms with Gasteiger partial charge in [0.25, 0.3) is 5.91 Å². The minimum absolute atomic E-state index is 0.0254. The van der Waals surface area contributed by atoms with Crippen molar-refractivity contribution in [3.8, 4) is 0 Å². The molecule has 116 valence electrons. The highest BCUT2D eigenvalue weighted by atomic mass is 32.1. The Hall–Kier alpha value is -1.36. The minimum Gasteiger partial charge on any atom is -0.365 e. The lowest BCUT2D eigenvalue weighted by molar-refractivity contribution is -0.116. The van der Waals surface area contributed by atoms with Crippen LogP contribution >= 0.6 is 11.3 Å². The third kappa shape index (κ3) is 4.06. The average Bonchev–Trinajstić information content (AvgIpc) is 2.58. The standard InChI is InChI=1S/C16H24N2O2S/c1-10(2)8-9-13(19)18-16-14(15(17)20)11-6-4-3-5-7-12(11)21-16/h10H,3-9H2,1-2H3,(H2,17,20)(H,18,19). The van der Waals surface area contributed by atoms with E-state index in [2.05, 4.69) is 19.2 Å². The van der Waals surface area contributed by atoms with Crippen LogP contribution < -0.4 is 11.1 Å². The van der Waals surface area contributed by atoms with E-state index in [-0.39, 0.29) is 5.91 Å². The molecule has 1 aromatic heterocycles. The summed E-state index contributed by atoms with van der Waals surface area (Å²) in [4.78, 5) is 25.0. The third-order valence-corrected chi connectivity index (χ3v) is 5.08. The van der Waals surface area contributed by atoms with Crippen LogP contribution in [-0.2, 0) is 17.6 Å². The number of anilines is 1. The molecule has 2 amide bonds. The number of hydrogen-bond donors (Lipinski definition) is 2. The SMILES string of the molecule is CC(C)CCC(=O)Nc1sc2c(c1C(N)=O)CCCCC2. The number of carbonyl (C=O) groups is 2. The van der Waals surface area contributed by atoms with Crippen molar-refractivity contribution in [1.29, 1.82) is 0 Å². The molecular weight excluding hydrogens is 284 g/mol. The van der Waals surface area contributed by atoms with E-state index in [1.165, 1.54) is 22.6 Å². The van der Waals surface area contributed by atoms with Crippen molar-refractivity contribution < 1.29 is 9.59 Å². The van der Waals surface area contributed by atoms with Crippen LogP contribution in [0.15, 0.2) is 0 Å². The van der Waals surface area contributed by atoms with Crippen molar-refractivity contribution in [2.75, 3.05) is 5.32 Å². The third-order valence-electron chi connectivity index (χ3n) is 3.87. The molecule has 1 aliphatic rings. The van der Waals surface area contributed by atoms with Crippen molar-refractivity contribution in [2.24, 2.45) is 11.7 Å². The van der Waals surface area contributed by atoms with Crippen LogP contribution in [0.2, 0.25) is 0 Å². The van der Waals surface area contributed by atoms with Gasteiger partial charge in [0.05, 0.1) is 5.56 Å². The van der Waals surface area contributed by atoms with Gasteiger partial charge in [-0.1, -0.05) is 20.3 Å². The Labute approximate surface area is 130 Å². The Morgan fingerprint density at radius 3 is 2.62 bits per heavy atom. The first-order valence-corrected chi connectivity index (χ1v) is 8.55.